The van der Waals surface area contributed by atoms with Gasteiger partial charge in [0.05, 0.1) is 13.2 Å². The summed E-state index contributed by atoms with van der Waals surface area (Å²) in [6.45, 7) is 7.90. The molecule has 25 heavy (non-hydrogen) atoms. The van der Waals surface area contributed by atoms with Crippen molar-refractivity contribution in [3.63, 3.8) is 0 Å². The number of methoxy groups -OCH3 is 1. The number of hydrogen-bond acceptors (Lipinski definition) is 3. The van der Waals surface area contributed by atoms with E-state index in [9.17, 15) is 4.79 Å². The van der Waals surface area contributed by atoms with Crippen molar-refractivity contribution in [2.45, 2.75) is 71.1 Å². The van der Waals surface area contributed by atoms with E-state index in [0.29, 0.717) is 0 Å². The van der Waals surface area contributed by atoms with Crippen molar-refractivity contribution < 1.29 is 14.3 Å². The quantitative estimate of drug-likeness (QED) is 0.763. The second-order valence-electron chi connectivity index (χ2n) is 8.12. The van der Waals surface area contributed by atoms with Crippen LogP contribution in [0.4, 0.5) is 4.79 Å². The fourth-order valence-corrected chi connectivity index (χ4v) is 3.90. The maximum atomic E-state index is 12.7. The average Bonchev–Trinajstić information content (AvgIpc) is 2.52. The summed E-state index contributed by atoms with van der Waals surface area (Å²) in [5, 5.41) is 0. The number of carbonyl (C=O) groups excluding carboxylic acids is 1. The van der Waals surface area contributed by atoms with Gasteiger partial charge in [0, 0.05) is 6.04 Å². The molecule has 0 radical (unpaired) electrons. The number of hydrogen-bond donors (Lipinski definition) is 0. The van der Waals surface area contributed by atoms with E-state index in [1.54, 1.807) is 7.11 Å². The van der Waals surface area contributed by atoms with Gasteiger partial charge in [-0.25, -0.2) is 4.79 Å². The van der Waals surface area contributed by atoms with Gasteiger partial charge in [-0.2, -0.15) is 0 Å². The van der Waals surface area contributed by atoms with Crippen molar-refractivity contribution in [2.75, 3.05) is 7.11 Å². The fourth-order valence-electron chi connectivity index (χ4n) is 3.90. The Labute approximate surface area is 150 Å². The van der Waals surface area contributed by atoms with E-state index in [0.717, 1.165) is 31.4 Å². The Hall–Kier alpha value is -1.97. The van der Waals surface area contributed by atoms with Crippen LogP contribution in [0, 0.1) is 6.92 Å². The van der Waals surface area contributed by atoms with Crippen LogP contribution in [0.5, 0.6) is 5.75 Å². The zero-order valence-electron chi connectivity index (χ0n) is 16.0. The highest BCUT2D eigenvalue weighted by atomic mass is 16.6. The summed E-state index contributed by atoms with van der Waals surface area (Å²) in [4.78, 5) is 14.7. The van der Waals surface area contributed by atoms with E-state index < -0.39 is 5.60 Å². The number of carbonyl (C=O) groups is 1. The number of aryl methyl sites for hydroxylation is 1. The Morgan fingerprint density at radius 2 is 2.00 bits per heavy atom. The Morgan fingerprint density at radius 3 is 2.64 bits per heavy atom. The van der Waals surface area contributed by atoms with Crippen LogP contribution < -0.4 is 4.74 Å². The molecule has 1 aromatic rings. The number of amides is 1. The van der Waals surface area contributed by atoms with Crippen molar-refractivity contribution in [1.82, 2.24) is 4.90 Å². The zero-order valence-corrected chi connectivity index (χ0v) is 16.0. The summed E-state index contributed by atoms with van der Waals surface area (Å²) in [5.74, 6) is 0.876. The van der Waals surface area contributed by atoms with Crippen LogP contribution in [-0.4, -0.2) is 35.8 Å². The Morgan fingerprint density at radius 1 is 1.24 bits per heavy atom. The number of piperidine rings is 1. The van der Waals surface area contributed by atoms with Gasteiger partial charge in [0.1, 0.15) is 11.4 Å². The lowest BCUT2D eigenvalue weighted by Gasteiger charge is -2.45. The van der Waals surface area contributed by atoms with E-state index in [4.69, 9.17) is 9.47 Å². The summed E-state index contributed by atoms with van der Waals surface area (Å²) in [5.41, 5.74) is 3.35. The topological polar surface area (TPSA) is 38.8 Å². The number of ether oxygens (including phenoxy) is 2. The van der Waals surface area contributed by atoms with Gasteiger partial charge < -0.3 is 9.47 Å². The van der Waals surface area contributed by atoms with Gasteiger partial charge in [-0.3, -0.25) is 4.90 Å². The van der Waals surface area contributed by atoms with Crippen LogP contribution in [0.1, 0.15) is 57.6 Å². The highest BCUT2D eigenvalue weighted by Gasteiger charge is 2.39. The Balaban J connectivity index is 1.90. The second kappa shape index (κ2) is 6.74. The van der Waals surface area contributed by atoms with Crippen LogP contribution in [0.2, 0.25) is 0 Å². The fraction of sp³-hybridized carbons (Fsp3) is 0.571. The lowest BCUT2D eigenvalue weighted by Crippen LogP contribution is -2.53. The zero-order chi connectivity index (χ0) is 18.2. The van der Waals surface area contributed by atoms with E-state index in [1.165, 1.54) is 16.7 Å². The maximum Gasteiger partial charge on any atom is 0.411 e. The SMILES string of the molecule is COc1ccc(C)c(C2=CC3CCCC(C2)N3C(=O)OC(C)(C)C)c1. The summed E-state index contributed by atoms with van der Waals surface area (Å²) >= 11 is 0. The minimum Gasteiger partial charge on any atom is -0.497 e. The molecule has 4 heteroatoms. The van der Waals surface area contributed by atoms with Gasteiger partial charge in [0.25, 0.3) is 0 Å². The van der Waals surface area contributed by atoms with E-state index in [1.807, 2.05) is 31.7 Å². The first-order valence-electron chi connectivity index (χ1n) is 9.15. The monoisotopic (exact) mass is 343 g/mol. The van der Waals surface area contributed by atoms with Gasteiger partial charge in [0.15, 0.2) is 0 Å². The van der Waals surface area contributed by atoms with Crippen molar-refractivity contribution in [1.29, 1.82) is 0 Å². The molecule has 1 aromatic carbocycles. The van der Waals surface area contributed by atoms with E-state index >= 15 is 0 Å². The molecule has 0 spiro atoms. The molecule has 1 amide bonds. The molecule has 2 atom stereocenters. The molecule has 2 bridgehead atoms. The number of rotatable bonds is 2. The van der Waals surface area contributed by atoms with Crippen molar-refractivity contribution in [3.8, 4) is 5.75 Å². The largest absolute Gasteiger partial charge is 0.497 e. The third kappa shape index (κ3) is 3.83. The molecule has 1 fully saturated rings. The molecule has 2 aliphatic rings. The molecule has 0 N–H and O–H groups in total. The molecule has 0 aliphatic carbocycles. The predicted octanol–water partition coefficient (Wildman–Crippen LogP) is 4.95. The summed E-state index contributed by atoms with van der Waals surface area (Å²) in [7, 11) is 1.70. The summed E-state index contributed by atoms with van der Waals surface area (Å²) in [6, 6.07) is 6.56. The first-order valence-corrected chi connectivity index (χ1v) is 9.15. The normalized spacial score (nSPS) is 23.1. The van der Waals surface area contributed by atoms with Gasteiger partial charge in [-0.1, -0.05) is 12.1 Å². The summed E-state index contributed by atoms with van der Waals surface area (Å²) < 4.78 is 11.0. The Kier molecular flexibility index (Phi) is 4.81. The highest BCUT2D eigenvalue weighted by molar-refractivity contribution is 5.76. The molecule has 2 aliphatic heterocycles. The number of benzene rings is 1. The third-order valence-electron chi connectivity index (χ3n) is 5.03. The van der Waals surface area contributed by atoms with Crippen molar-refractivity contribution in [3.05, 3.63) is 35.4 Å². The molecular formula is C21H29NO3. The first-order chi connectivity index (χ1) is 11.8. The minimum atomic E-state index is -0.460. The van der Waals surface area contributed by atoms with Crippen LogP contribution in [-0.2, 0) is 4.74 Å². The molecule has 2 unspecified atom stereocenters. The van der Waals surface area contributed by atoms with Crippen molar-refractivity contribution >= 4 is 11.7 Å². The first kappa shape index (κ1) is 17.8. The van der Waals surface area contributed by atoms with Gasteiger partial charge in [-0.05, 0) is 82.2 Å². The van der Waals surface area contributed by atoms with Gasteiger partial charge in [0.2, 0.25) is 0 Å². The number of fused-ring (bicyclic) bond motifs is 2. The predicted molar refractivity (Wildman–Crippen MR) is 99.8 cm³/mol. The molecule has 136 valence electrons. The maximum absolute atomic E-state index is 12.7. The summed E-state index contributed by atoms with van der Waals surface area (Å²) in [6.07, 6.45) is 6.17. The van der Waals surface area contributed by atoms with Crippen LogP contribution in [0.15, 0.2) is 24.3 Å². The van der Waals surface area contributed by atoms with Gasteiger partial charge >= 0.3 is 6.09 Å². The molecule has 0 aromatic heterocycles. The van der Waals surface area contributed by atoms with Crippen LogP contribution in [0.25, 0.3) is 5.57 Å². The van der Waals surface area contributed by atoms with Gasteiger partial charge in [-0.15, -0.1) is 0 Å². The molecular weight excluding hydrogens is 314 g/mol. The van der Waals surface area contributed by atoms with E-state index in [2.05, 4.69) is 25.1 Å². The molecule has 4 nitrogen and oxygen atoms in total. The van der Waals surface area contributed by atoms with E-state index in [-0.39, 0.29) is 18.2 Å². The van der Waals surface area contributed by atoms with Crippen LogP contribution >= 0.6 is 0 Å². The molecule has 0 saturated carbocycles. The molecule has 2 heterocycles. The molecule has 1 saturated heterocycles. The molecule has 3 rings (SSSR count). The highest BCUT2D eigenvalue weighted by Crippen LogP contribution is 2.39. The lowest BCUT2D eigenvalue weighted by atomic mass is 9.82. The minimum absolute atomic E-state index is 0.128. The second-order valence-corrected chi connectivity index (χ2v) is 8.12. The Bertz CT molecular complexity index is 687. The van der Waals surface area contributed by atoms with Crippen LogP contribution in [0.3, 0.4) is 0 Å². The third-order valence-corrected chi connectivity index (χ3v) is 5.03. The lowest BCUT2D eigenvalue weighted by molar-refractivity contribution is 0.0000834. The number of nitrogens with zero attached hydrogens (tertiary/aromatic N) is 1. The van der Waals surface area contributed by atoms with Crippen molar-refractivity contribution in [2.24, 2.45) is 0 Å². The average molecular weight is 343 g/mol. The standard InChI is InChI=1S/C21H29NO3/c1-14-9-10-18(24-5)13-19(14)15-11-16-7-6-8-17(12-15)22(16)20(23)25-21(2,3)4/h9-11,13,16-17H,6-8,12H2,1-5H3. The smallest absolute Gasteiger partial charge is 0.411 e.